The van der Waals surface area contributed by atoms with Crippen molar-refractivity contribution in [1.29, 1.82) is 0 Å². The number of hydrogen-bond acceptors (Lipinski definition) is 5. The molecule has 1 saturated heterocycles. The Balaban J connectivity index is 1.31. The highest BCUT2D eigenvalue weighted by Crippen LogP contribution is 2.50. The molecule has 2 aliphatic rings. The number of H-pyrrole nitrogens is 1. The molecule has 6 rings (SSSR count). The first-order valence-corrected chi connectivity index (χ1v) is 15.3. The molecule has 2 N–H and O–H groups in total. The number of hydrogen-bond donors (Lipinski definition) is 2. The van der Waals surface area contributed by atoms with Gasteiger partial charge in [0, 0.05) is 79.0 Å². The third kappa shape index (κ3) is 5.11. The Hall–Kier alpha value is -4.40. The van der Waals surface area contributed by atoms with Crippen LogP contribution in [0.5, 0.6) is 0 Å². The molecule has 9 heteroatoms. The van der Waals surface area contributed by atoms with Gasteiger partial charge in [-0.05, 0) is 69.5 Å². The summed E-state index contributed by atoms with van der Waals surface area (Å²) in [7, 11) is 0. The SMILES string of the molecule is CCN(CC)C(=O)[C@H]1C[C@H](CC(=O)NCCc2ccccn2)C(=O)N2CCc3c([nH]c4cc(-c5ccco5)ccc34)[C@]12C. The van der Waals surface area contributed by atoms with Crippen molar-refractivity contribution in [2.75, 3.05) is 26.2 Å². The van der Waals surface area contributed by atoms with E-state index in [4.69, 9.17) is 4.42 Å². The van der Waals surface area contributed by atoms with Crippen LogP contribution in [0.15, 0.2) is 65.4 Å². The minimum atomic E-state index is -0.861. The number of piperidine rings is 1. The topological polar surface area (TPSA) is 112 Å². The van der Waals surface area contributed by atoms with Crippen LogP contribution in [-0.2, 0) is 32.8 Å². The number of carbonyl (C=O) groups is 3. The van der Waals surface area contributed by atoms with E-state index in [9.17, 15) is 14.4 Å². The zero-order valence-corrected chi connectivity index (χ0v) is 25.1. The van der Waals surface area contributed by atoms with Gasteiger partial charge >= 0.3 is 0 Å². The summed E-state index contributed by atoms with van der Waals surface area (Å²) in [4.78, 5) is 53.0. The van der Waals surface area contributed by atoms with Gasteiger partial charge in [-0.2, -0.15) is 0 Å². The summed E-state index contributed by atoms with van der Waals surface area (Å²) in [6.07, 6.45) is 5.06. The predicted molar refractivity (Wildman–Crippen MR) is 164 cm³/mol. The second kappa shape index (κ2) is 11.7. The Morgan fingerprint density at radius 2 is 2.00 bits per heavy atom. The Morgan fingerprint density at radius 1 is 1.16 bits per heavy atom. The highest BCUT2D eigenvalue weighted by atomic mass is 16.3. The first-order chi connectivity index (χ1) is 20.8. The Kier molecular flexibility index (Phi) is 7.81. The second-order valence-electron chi connectivity index (χ2n) is 11.7. The second-order valence-corrected chi connectivity index (χ2v) is 11.7. The van der Waals surface area contributed by atoms with Crippen LogP contribution in [0.2, 0.25) is 0 Å². The van der Waals surface area contributed by atoms with Gasteiger partial charge in [-0.1, -0.05) is 18.2 Å². The maximum atomic E-state index is 14.2. The van der Waals surface area contributed by atoms with Gasteiger partial charge in [-0.15, -0.1) is 0 Å². The van der Waals surface area contributed by atoms with Crippen molar-refractivity contribution in [1.82, 2.24) is 25.1 Å². The molecular weight excluding hydrogens is 542 g/mol. The van der Waals surface area contributed by atoms with Gasteiger partial charge < -0.3 is 24.5 Å². The number of pyridine rings is 1. The molecule has 3 atom stereocenters. The van der Waals surface area contributed by atoms with Crippen LogP contribution in [0.4, 0.5) is 0 Å². The fourth-order valence-electron chi connectivity index (χ4n) is 7.11. The maximum absolute atomic E-state index is 14.2. The van der Waals surface area contributed by atoms with E-state index in [2.05, 4.69) is 33.5 Å². The number of aromatic nitrogens is 2. The fraction of sp³-hybridized carbons (Fsp3) is 0.412. The summed E-state index contributed by atoms with van der Waals surface area (Å²) in [5.41, 5.74) is 4.02. The third-order valence-electron chi connectivity index (χ3n) is 9.41. The zero-order chi connectivity index (χ0) is 30.1. The summed E-state index contributed by atoms with van der Waals surface area (Å²) < 4.78 is 5.63. The summed E-state index contributed by atoms with van der Waals surface area (Å²) >= 11 is 0. The molecular formula is C34H39N5O4. The largest absolute Gasteiger partial charge is 0.464 e. The number of fused-ring (bicyclic) bond motifs is 5. The van der Waals surface area contributed by atoms with Gasteiger partial charge in [0.25, 0.3) is 0 Å². The lowest BCUT2D eigenvalue weighted by atomic mass is 9.67. The third-order valence-corrected chi connectivity index (χ3v) is 9.41. The van der Waals surface area contributed by atoms with E-state index in [1.807, 2.05) is 60.9 Å². The molecule has 0 radical (unpaired) electrons. The quantitative estimate of drug-likeness (QED) is 0.298. The summed E-state index contributed by atoms with van der Waals surface area (Å²) in [6.45, 7) is 8.09. The van der Waals surface area contributed by atoms with E-state index < -0.39 is 17.4 Å². The molecule has 0 spiro atoms. The van der Waals surface area contributed by atoms with Crippen molar-refractivity contribution < 1.29 is 18.8 Å². The molecule has 1 aromatic carbocycles. The molecule has 4 aromatic rings. The molecule has 1 fully saturated rings. The molecule has 2 aliphatic heterocycles. The van der Waals surface area contributed by atoms with Crippen LogP contribution in [-0.4, -0.2) is 63.7 Å². The van der Waals surface area contributed by atoms with Crippen molar-refractivity contribution in [3.05, 3.63) is 77.9 Å². The zero-order valence-electron chi connectivity index (χ0n) is 25.1. The first kappa shape index (κ1) is 28.7. The summed E-state index contributed by atoms with van der Waals surface area (Å²) in [5, 5.41) is 4.06. The summed E-state index contributed by atoms with van der Waals surface area (Å²) in [6, 6.07) is 15.7. The number of nitrogens with one attached hydrogen (secondary N) is 2. The molecule has 0 bridgehead atoms. The molecule has 3 aromatic heterocycles. The molecule has 0 unspecified atom stereocenters. The average molecular weight is 582 g/mol. The average Bonchev–Trinajstić information content (AvgIpc) is 3.68. The van der Waals surface area contributed by atoms with E-state index in [-0.39, 0.29) is 24.1 Å². The van der Waals surface area contributed by atoms with Gasteiger partial charge in [0.15, 0.2) is 0 Å². The van der Waals surface area contributed by atoms with Gasteiger partial charge in [0.1, 0.15) is 5.76 Å². The van der Waals surface area contributed by atoms with Crippen LogP contribution >= 0.6 is 0 Å². The van der Waals surface area contributed by atoms with Crippen LogP contribution in [0.1, 0.15) is 50.6 Å². The number of rotatable bonds is 9. The van der Waals surface area contributed by atoms with Crippen LogP contribution < -0.4 is 5.32 Å². The lowest BCUT2D eigenvalue weighted by Gasteiger charge is -2.54. The molecule has 43 heavy (non-hydrogen) atoms. The number of benzene rings is 1. The Morgan fingerprint density at radius 3 is 2.72 bits per heavy atom. The van der Waals surface area contributed by atoms with Crippen molar-refractivity contribution in [2.45, 2.75) is 52.0 Å². The Labute approximate surface area is 251 Å². The standard InChI is InChI=1S/C34H39N5O4/c1-4-38(5-2)33(42)27-19-23(21-30(40)36-16-13-24-9-6-7-15-35-24)32(41)39-17-14-26-25-12-11-22(29-10-8-18-43-29)20-28(25)37-31(26)34(27,39)3/h6-12,15,18,20,23,27,37H,4-5,13-14,16-17,19,21H2,1-3H3,(H,36,40)/t23-,27-,34+/m1/s1. The molecule has 0 saturated carbocycles. The van der Waals surface area contributed by atoms with E-state index in [0.717, 1.165) is 39.2 Å². The fourth-order valence-corrected chi connectivity index (χ4v) is 7.11. The van der Waals surface area contributed by atoms with E-state index >= 15 is 0 Å². The van der Waals surface area contributed by atoms with Gasteiger partial charge in [-0.25, -0.2) is 0 Å². The van der Waals surface area contributed by atoms with Crippen molar-refractivity contribution in [3.63, 3.8) is 0 Å². The lowest BCUT2D eigenvalue weighted by molar-refractivity contribution is -0.164. The van der Waals surface area contributed by atoms with Gasteiger partial charge in [0.2, 0.25) is 17.7 Å². The first-order valence-electron chi connectivity index (χ1n) is 15.3. The van der Waals surface area contributed by atoms with Crippen molar-refractivity contribution >= 4 is 28.6 Å². The van der Waals surface area contributed by atoms with Crippen LogP contribution in [0, 0.1) is 11.8 Å². The highest BCUT2D eigenvalue weighted by molar-refractivity contribution is 5.93. The monoisotopic (exact) mass is 581 g/mol. The molecule has 5 heterocycles. The normalized spacial score (nSPS) is 21.4. The minimum Gasteiger partial charge on any atom is -0.464 e. The highest BCUT2D eigenvalue weighted by Gasteiger charge is 2.57. The van der Waals surface area contributed by atoms with E-state index in [0.29, 0.717) is 45.4 Å². The number of amides is 3. The smallest absolute Gasteiger partial charge is 0.228 e. The number of carbonyl (C=O) groups excluding carboxylic acids is 3. The van der Waals surface area contributed by atoms with Gasteiger partial charge in [0.05, 0.1) is 17.7 Å². The van der Waals surface area contributed by atoms with Crippen LogP contribution in [0.3, 0.4) is 0 Å². The molecule has 3 amide bonds. The van der Waals surface area contributed by atoms with Crippen molar-refractivity contribution in [2.24, 2.45) is 11.8 Å². The predicted octanol–water partition coefficient (Wildman–Crippen LogP) is 4.68. The minimum absolute atomic E-state index is 0.0216. The van der Waals surface area contributed by atoms with Crippen molar-refractivity contribution in [3.8, 4) is 11.3 Å². The maximum Gasteiger partial charge on any atom is 0.228 e. The van der Waals surface area contributed by atoms with E-state index in [1.54, 1.807) is 12.5 Å². The number of furan rings is 1. The lowest BCUT2D eigenvalue weighted by Crippen LogP contribution is -2.64. The Bertz CT molecular complexity index is 1630. The van der Waals surface area contributed by atoms with Gasteiger partial charge in [-0.3, -0.25) is 19.4 Å². The van der Waals surface area contributed by atoms with Crippen LogP contribution in [0.25, 0.3) is 22.2 Å². The molecule has 9 nitrogen and oxygen atoms in total. The number of aromatic amines is 1. The molecule has 224 valence electrons. The van der Waals surface area contributed by atoms with E-state index in [1.165, 1.54) is 0 Å². The summed E-state index contributed by atoms with van der Waals surface area (Å²) in [5.74, 6) is -0.497. The molecule has 0 aliphatic carbocycles. The number of nitrogens with zero attached hydrogens (tertiary/aromatic N) is 3.